The van der Waals surface area contributed by atoms with Gasteiger partial charge in [-0.3, -0.25) is 4.79 Å². The number of nitrogens with two attached hydrogens (primary N) is 1. The Balaban J connectivity index is 2.18. The van der Waals surface area contributed by atoms with Crippen LogP contribution in [0.25, 0.3) is 10.2 Å². The van der Waals surface area contributed by atoms with E-state index in [0.717, 1.165) is 16.6 Å². The van der Waals surface area contributed by atoms with Gasteiger partial charge in [0.1, 0.15) is 9.71 Å². The second-order valence-electron chi connectivity index (χ2n) is 5.33. The highest BCUT2D eigenvalue weighted by Crippen LogP contribution is 2.37. The largest absolute Gasteiger partial charge is 0.397 e. The zero-order valence-electron chi connectivity index (χ0n) is 13.0. The van der Waals surface area contributed by atoms with E-state index in [-0.39, 0.29) is 5.78 Å². The number of hydrogen-bond acceptors (Lipinski definition) is 5. The molecule has 0 aliphatic heterocycles. The number of rotatable bonds is 4. The predicted molar refractivity (Wildman–Crippen MR) is 99.4 cm³/mol. The number of fused-ring (bicyclic) bond motifs is 1. The minimum Gasteiger partial charge on any atom is -0.397 e. The van der Waals surface area contributed by atoms with E-state index in [1.165, 1.54) is 11.3 Å². The van der Waals surface area contributed by atoms with Gasteiger partial charge in [-0.25, -0.2) is 4.98 Å². The van der Waals surface area contributed by atoms with Crippen molar-refractivity contribution in [3.8, 4) is 0 Å². The lowest BCUT2D eigenvalue weighted by molar-refractivity contribution is 0.104. The molecule has 0 saturated carbocycles. The van der Waals surface area contributed by atoms with Crippen LogP contribution in [-0.4, -0.2) is 17.9 Å². The van der Waals surface area contributed by atoms with Gasteiger partial charge in [0.25, 0.3) is 0 Å². The number of benzene rings is 1. The lowest BCUT2D eigenvalue weighted by Gasteiger charge is -2.05. The maximum absolute atomic E-state index is 12.9. The lowest BCUT2D eigenvalue weighted by atomic mass is 10.1. The quantitative estimate of drug-likeness (QED) is 0.655. The molecule has 0 aliphatic rings. The number of halogens is 2. The number of anilines is 1. The summed E-state index contributed by atoms with van der Waals surface area (Å²) in [7, 11) is 1.61. The number of nitrogens with zero attached hydrogens (tertiary/aromatic N) is 1. The van der Waals surface area contributed by atoms with Crippen LogP contribution in [0.3, 0.4) is 0 Å². The molecule has 3 rings (SSSR count). The van der Waals surface area contributed by atoms with Crippen molar-refractivity contribution < 1.29 is 9.53 Å². The van der Waals surface area contributed by atoms with Crippen LogP contribution in [0, 0.1) is 6.92 Å². The molecule has 0 amide bonds. The number of thiophene rings is 1. The third kappa shape index (κ3) is 3.00. The van der Waals surface area contributed by atoms with Crippen LogP contribution < -0.4 is 5.73 Å². The first-order chi connectivity index (χ1) is 11.4. The molecule has 0 unspecified atom stereocenters. The fourth-order valence-electron chi connectivity index (χ4n) is 2.57. The molecular formula is C17H14Cl2N2O2S. The van der Waals surface area contributed by atoms with Gasteiger partial charge in [0.2, 0.25) is 5.78 Å². The Hall–Kier alpha value is -1.66. The van der Waals surface area contributed by atoms with Crippen LogP contribution in [0.5, 0.6) is 0 Å². The van der Waals surface area contributed by atoms with Crippen molar-refractivity contribution in [3.05, 3.63) is 56.0 Å². The van der Waals surface area contributed by atoms with Crippen molar-refractivity contribution in [1.82, 2.24) is 4.98 Å². The summed E-state index contributed by atoms with van der Waals surface area (Å²) in [5, 5.41) is 1.53. The molecule has 124 valence electrons. The average Bonchev–Trinajstić information content (AvgIpc) is 2.83. The smallest absolute Gasteiger partial charge is 0.206 e. The van der Waals surface area contributed by atoms with Crippen molar-refractivity contribution in [2.45, 2.75) is 13.5 Å². The molecule has 0 fully saturated rings. The van der Waals surface area contributed by atoms with Gasteiger partial charge in [-0.05, 0) is 36.8 Å². The minimum atomic E-state index is -0.238. The topological polar surface area (TPSA) is 65.2 Å². The third-order valence-corrected chi connectivity index (χ3v) is 5.24. The Kier molecular flexibility index (Phi) is 4.78. The number of ether oxygens (including phenoxy) is 1. The molecule has 0 aliphatic carbocycles. The van der Waals surface area contributed by atoms with Crippen LogP contribution in [0.2, 0.25) is 10.0 Å². The van der Waals surface area contributed by atoms with E-state index in [4.69, 9.17) is 33.7 Å². The van der Waals surface area contributed by atoms with Gasteiger partial charge >= 0.3 is 0 Å². The lowest BCUT2D eigenvalue weighted by Crippen LogP contribution is -2.03. The molecule has 3 aromatic rings. The maximum atomic E-state index is 12.9. The van der Waals surface area contributed by atoms with Crippen LogP contribution in [0.1, 0.15) is 26.5 Å². The number of nitrogen functional groups attached to an aromatic ring is 1. The fourth-order valence-corrected chi connectivity index (χ4v) is 4.21. The monoisotopic (exact) mass is 380 g/mol. The number of ketones is 1. The van der Waals surface area contributed by atoms with E-state index < -0.39 is 0 Å². The van der Waals surface area contributed by atoms with Crippen LogP contribution >= 0.6 is 34.5 Å². The zero-order valence-corrected chi connectivity index (χ0v) is 15.4. The standard InChI is InChI=1S/C17H14Cl2N2O2S/c1-8-5-9(7-23-2)13-14(20)16(24-17(13)21-8)15(22)11-4-3-10(18)6-12(11)19/h3-6H,7,20H2,1-2H3. The van der Waals surface area contributed by atoms with Gasteiger partial charge in [-0.15, -0.1) is 11.3 Å². The highest BCUT2D eigenvalue weighted by atomic mass is 35.5. The number of hydrogen-bond donors (Lipinski definition) is 1. The molecule has 2 heterocycles. The highest BCUT2D eigenvalue weighted by molar-refractivity contribution is 7.21. The summed E-state index contributed by atoms with van der Waals surface area (Å²) in [6.07, 6.45) is 0. The molecule has 24 heavy (non-hydrogen) atoms. The van der Waals surface area contributed by atoms with Gasteiger partial charge < -0.3 is 10.5 Å². The maximum Gasteiger partial charge on any atom is 0.206 e. The first-order valence-electron chi connectivity index (χ1n) is 7.09. The molecule has 0 bridgehead atoms. The molecule has 0 atom stereocenters. The van der Waals surface area contributed by atoms with Crippen LogP contribution in [0.4, 0.5) is 5.69 Å². The summed E-state index contributed by atoms with van der Waals surface area (Å²) < 4.78 is 5.23. The normalized spacial score (nSPS) is 11.2. The summed E-state index contributed by atoms with van der Waals surface area (Å²) in [5.74, 6) is -0.238. The van der Waals surface area contributed by atoms with E-state index >= 15 is 0 Å². The summed E-state index contributed by atoms with van der Waals surface area (Å²) >= 11 is 13.3. The van der Waals surface area contributed by atoms with Crippen molar-refractivity contribution in [3.63, 3.8) is 0 Å². The number of carbonyl (C=O) groups excluding carboxylic acids is 1. The van der Waals surface area contributed by atoms with E-state index in [1.54, 1.807) is 25.3 Å². The SMILES string of the molecule is COCc1cc(C)nc2sc(C(=O)c3ccc(Cl)cc3Cl)c(N)c12. The third-order valence-electron chi connectivity index (χ3n) is 3.59. The van der Waals surface area contributed by atoms with E-state index in [9.17, 15) is 4.79 Å². The predicted octanol–water partition coefficient (Wildman–Crippen LogP) is 4.87. The number of pyridine rings is 1. The molecule has 2 aromatic heterocycles. The van der Waals surface area contributed by atoms with E-state index in [0.29, 0.717) is 37.6 Å². The molecule has 7 heteroatoms. The second kappa shape index (κ2) is 6.69. The average molecular weight is 381 g/mol. The number of methoxy groups -OCH3 is 1. The number of aryl methyl sites for hydroxylation is 1. The Bertz CT molecular complexity index is 953. The molecule has 0 saturated heterocycles. The van der Waals surface area contributed by atoms with Crippen LogP contribution in [0.15, 0.2) is 24.3 Å². The first kappa shape index (κ1) is 17.2. The van der Waals surface area contributed by atoms with Crippen LogP contribution in [-0.2, 0) is 11.3 Å². The summed E-state index contributed by atoms with van der Waals surface area (Å²) in [4.78, 5) is 18.5. The van der Waals surface area contributed by atoms with Crippen molar-refractivity contribution in [2.24, 2.45) is 0 Å². The van der Waals surface area contributed by atoms with E-state index in [2.05, 4.69) is 4.98 Å². The number of carbonyl (C=O) groups is 1. The number of aromatic nitrogens is 1. The molecule has 0 radical (unpaired) electrons. The molecule has 4 nitrogen and oxygen atoms in total. The van der Waals surface area contributed by atoms with Gasteiger partial charge in [0, 0.05) is 28.8 Å². The summed E-state index contributed by atoms with van der Waals surface area (Å²) in [6, 6.07) is 6.69. The van der Waals surface area contributed by atoms with Gasteiger partial charge in [-0.1, -0.05) is 23.2 Å². The Morgan fingerprint density at radius 2 is 2.08 bits per heavy atom. The highest BCUT2D eigenvalue weighted by Gasteiger charge is 2.22. The summed E-state index contributed by atoms with van der Waals surface area (Å²) in [6.45, 7) is 2.29. The first-order valence-corrected chi connectivity index (χ1v) is 8.66. The minimum absolute atomic E-state index is 0.238. The molecule has 2 N–H and O–H groups in total. The zero-order chi connectivity index (χ0) is 17.4. The van der Waals surface area contributed by atoms with Crippen molar-refractivity contribution in [1.29, 1.82) is 0 Å². The Morgan fingerprint density at radius 1 is 1.33 bits per heavy atom. The van der Waals surface area contributed by atoms with Gasteiger partial charge in [0.05, 0.1) is 17.3 Å². The Labute approximate surface area is 153 Å². The van der Waals surface area contributed by atoms with Crippen molar-refractivity contribution in [2.75, 3.05) is 12.8 Å². The van der Waals surface area contributed by atoms with Gasteiger partial charge in [0.15, 0.2) is 0 Å². The van der Waals surface area contributed by atoms with Gasteiger partial charge in [-0.2, -0.15) is 0 Å². The fraction of sp³-hybridized carbons (Fsp3) is 0.176. The Morgan fingerprint density at radius 3 is 2.75 bits per heavy atom. The molecule has 0 spiro atoms. The molecular weight excluding hydrogens is 367 g/mol. The molecule has 1 aromatic carbocycles. The second-order valence-corrected chi connectivity index (χ2v) is 7.18. The summed E-state index contributed by atoms with van der Waals surface area (Å²) in [5.41, 5.74) is 8.79. The van der Waals surface area contributed by atoms with Crippen molar-refractivity contribution >= 4 is 56.2 Å². The van der Waals surface area contributed by atoms with E-state index in [1.807, 2.05) is 13.0 Å².